The molecule has 0 spiro atoms. The number of hydrogen-bond donors (Lipinski definition) is 0. The van der Waals surface area contributed by atoms with Gasteiger partial charge in [0.15, 0.2) is 5.65 Å². The van der Waals surface area contributed by atoms with Crippen LogP contribution in [0.5, 0.6) is 0 Å². The number of carbonyl (C=O) groups excluding carboxylic acids is 1. The lowest BCUT2D eigenvalue weighted by atomic mass is 9.89. The van der Waals surface area contributed by atoms with Gasteiger partial charge in [0.05, 0.1) is 5.52 Å². The van der Waals surface area contributed by atoms with Crippen LogP contribution in [0.3, 0.4) is 0 Å². The fourth-order valence-electron chi connectivity index (χ4n) is 5.17. The molecule has 1 saturated carbocycles. The summed E-state index contributed by atoms with van der Waals surface area (Å²) in [5, 5.41) is 10.9. The Hall–Kier alpha value is -2.45. The van der Waals surface area contributed by atoms with Crippen molar-refractivity contribution in [2.45, 2.75) is 51.0 Å². The van der Waals surface area contributed by atoms with E-state index >= 15 is 0 Å². The lowest BCUT2D eigenvalue weighted by Crippen LogP contribution is -2.55. The van der Waals surface area contributed by atoms with Crippen molar-refractivity contribution in [2.75, 3.05) is 38.3 Å². The lowest BCUT2D eigenvalue weighted by molar-refractivity contribution is -0.137. The van der Waals surface area contributed by atoms with Crippen molar-refractivity contribution in [2.24, 2.45) is 0 Å². The number of nitrogens with zero attached hydrogens (tertiary/aromatic N) is 6. The molecule has 3 heterocycles. The van der Waals surface area contributed by atoms with Crippen molar-refractivity contribution in [3.63, 3.8) is 0 Å². The Morgan fingerprint density at radius 2 is 2.00 bits per heavy atom. The Bertz CT molecular complexity index is 1140. The van der Waals surface area contributed by atoms with Gasteiger partial charge in [-0.15, -0.1) is 10.2 Å². The number of methoxy groups -OCH3 is 1. The third-order valence-electron chi connectivity index (χ3n) is 6.78. The van der Waals surface area contributed by atoms with E-state index in [1.54, 1.807) is 7.11 Å². The van der Waals surface area contributed by atoms with Crippen LogP contribution in [-0.2, 0) is 9.53 Å². The van der Waals surface area contributed by atoms with E-state index in [0.29, 0.717) is 30.6 Å². The van der Waals surface area contributed by atoms with Gasteiger partial charge in [-0.3, -0.25) is 4.79 Å². The predicted octanol–water partition coefficient (Wildman–Crippen LogP) is 3.66. The quantitative estimate of drug-likeness (QED) is 0.596. The molecule has 1 atom stereocenters. The molecule has 8 nitrogen and oxygen atoms in total. The molecule has 9 heteroatoms. The number of aromatic nitrogens is 4. The van der Waals surface area contributed by atoms with Gasteiger partial charge in [0.25, 0.3) is 0 Å². The zero-order valence-corrected chi connectivity index (χ0v) is 19.4. The summed E-state index contributed by atoms with van der Waals surface area (Å²) in [6.07, 6.45) is 6.00. The van der Waals surface area contributed by atoms with Crippen LogP contribution >= 0.6 is 11.6 Å². The van der Waals surface area contributed by atoms with E-state index in [2.05, 4.69) is 26.4 Å². The molecule has 0 bridgehead atoms. The van der Waals surface area contributed by atoms with Gasteiger partial charge in [0, 0.05) is 49.1 Å². The van der Waals surface area contributed by atoms with Gasteiger partial charge in [-0.1, -0.05) is 30.9 Å². The minimum Gasteiger partial charge on any atom is -0.375 e. The third-order valence-corrected chi connectivity index (χ3v) is 7.01. The lowest BCUT2D eigenvalue weighted by Gasteiger charge is -2.40. The number of benzene rings is 1. The Morgan fingerprint density at radius 1 is 1.19 bits per heavy atom. The van der Waals surface area contributed by atoms with Crippen LogP contribution in [0.4, 0.5) is 5.95 Å². The van der Waals surface area contributed by atoms with E-state index in [4.69, 9.17) is 21.3 Å². The van der Waals surface area contributed by atoms with Crippen LogP contribution in [0.15, 0.2) is 18.2 Å². The number of carbonyl (C=O) groups is 1. The maximum atomic E-state index is 12.4. The van der Waals surface area contributed by atoms with Crippen LogP contribution in [0, 0.1) is 0 Å². The second-order valence-electron chi connectivity index (χ2n) is 8.94. The van der Waals surface area contributed by atoms with E-state index in [1.807, 2.05) is 23.1 Å². The molecule has 1 aromatic carbocycles. The zero-order valence-electron chi connectivity index (χ0n) is 18.6. The van der Waals surface area contributed by atoms with Crippen molar-refractivity contribution in [3.8, 4) is 0 Å². The summed E-state index contributed by atoms with van der Waals surface area (Å²) in [5.74, 6) is 2.26. The summed E-state index contributed by atoms with van der Waals surface area (Å²) in [5.41, 5.74) is 1.64. The fraction of sp³-hybridized carbons (Fsp3) is 0.565. The van der Waals surface area contributed by atoms with Gasteiger partial charge in [0.1, 0.15) is 12.4 Å². The van der Waals surface area contributed by atoms with Crippen molar-refractivity contribution in [3.05, 3.63) is 29.0 Å². The largest absolute Gasteiger partial charge is 0.375 e. The van der Waals surface area contributed by atoms with E-state index in [0.717, 1.165) is 41.2 Å². The van der Waals surface area contributed by atoms with Gasteiger partial charge < -0.3 is 14.5 Å². The molecular weight excluding hydrogens is 428 g/mol. The number of halogens is 1. The molecule has 1 aliphatic carbocycles. The Labute approximate surface area is 192 Å². The summed E-state index contributed by atoms with van der Waals surface area (Å²) in [6.45, 7) is 4.19. The number of ether oxygens (including phenoxy) is 1. The molecule has 1 saturated heterocycles. The van der Waals surface area contributed by atoms with Gasteiger partial charge in [-0.2, -0.15) is 0 Å². The summed E-state index contributed by atoms with van der Waals surface area (Å²) in [7, 11) is 1.55. The molecule has 0 N–H and O–H groups in total. The molecule has 32 heavy (non-hydrogen) atoms. The van der Waals surface area contributed by atoms with E-state index < -0.39 is 0 Å². The smallest absolute Gasteiger partial charge is 0.248 e. The first-order chi connectivity index (χ1) is 15.6. The highest BCUT2D eigenvalue weighted by Gasteiger charge is 2.31. The van der Waals surface area contributed by atoms with Crippen LogP contribution in [0.25, 0.3) is 16.6 Å². The minimum absolute atomic E-state index is 0.0234. The van der Waals surface area contributed by atoms with Crippen molar-refractivity contribution >= 4 is 40.0 Å². The highest BCUT2D eigenvalue weighted by atomic mass is 35.5. The van der Waals surface area contributed by atoms with E-state index in [-0.39, 0.29) is 18.6 Å². The van der Waals surface area contributed by atoms with Crippen LogP contribution in [0.2, 0.25) is 5.02 Å². The molecule has 1 aliphatic heterocycles. The van der Waals surface area contributed by atoms with Gasteiger partial charge in [-0.05, 0) is 38.0 Å². The average Bonchev–Trinajstić information content (AvgIpc) is 3.24. The van der Waals surface area contributed by atoms with E-state index in [1.165, 1.54) is 19.3 Å². The Morgan fingerprint density at radius 3 is 2.75 bits per heavy atom. The molecule has 3 aromatic rings. The predicted molar refractivity (Wildman–Crippen MR) is 124 cm³/mol. The Kier molecular flexibility index (Phi) is 5.90. The number of hydrogen-bond acceptors (Lipinski definition) is 6. The Balaban J connectivity index is 1.59. The second-order valence-corrected chi connectivity index (χ2v) is 9.38. The SMILES string of the molecule is COCC(=O)N1CCN(c2nc3cc(Cl)ccc3c3nnc(C4CCCCC4)n23)CC1C. The van der Waals surface area contributed by atoms with Crippen LogP contribution < -0.4 is 4.90 Å². The second kappa shape index (κ2) is 8.83. The molecule has 1 unspecified atom stereocenters. The standard InChI is InChI=1S/C23H29ClN6O2/c1-15-13-28(10-11-29(15)20(31)14-32-2)23-25-19-12-17(24)8-9-18(19)22-27-26-21(30(22)23)16-6-4-3-5-7-16/h8-9,12,15-16H,3-7,10-11,13-14H2,1-2H3. The third kappa shape index (κ3) is 3.79. The molecule has 170 valence electrons. The number of anilines is 1. The first kappa shape index (κ1) is 21.4. The molecule has 0 radical (unpaired) electrons. The van der Waals surface area contributed by atoms with Crippen LogP contribution in [-0.4, -0.2) is 69.8 Å². The maximum Gasteiger partial charge on any atom is 0.248 e. The molecule has 2 aliphatic rings. The number of piperazine rings is 1. The topological polar surface area (TPSA) is 75.9 Å². The van der Waals surface area contributed by atoms with Gasteiger partial charge >= 0.3 is 0 Å². The first-order valence-electron chi connectivity index (χ1n) is 11.4. The normalized spacial score (nSPS) is 20.4. The van der Waals surface area contributed by atoms with Crippen molar-refractivity contribution in [1.82, 2.24) is 24.5 Å². The van der Waals surface area contributed by atoms with Crippen LogP contribution in [0.1, 0.15) is 50.8 Å². The van der Waals surface area contributed by atoms with Gasteiger partial charge in [-0.25, -0.2) is 9.38 Å². The minimum atomic E-state index is 0.0234. The highest BCUT2D eigenvalue weighted by molar-refractivity contribution is 6.31. The van der Waals surface area contributed by atoms with E-state index in [9.17, 15) is 4.79 Å². The summed E-state index contributed by atoms with van der Waals surface area (Å²) < 4.78 is 7.21. The zero-order chi connectivity index (χ0) is 22.2. The summed E-state index contributed by atoms with van der Waals surface area (Å²) >= 11 is 6.29. The average molecular weight is 457 g/mol. The number of rotatable bonds is 4. The van der Waals surface area contributed by atoms with Crippen molar-refractivity contribution in [1.29, 1.82) is 0 Å². The first-order valence-corrected chi connectivity index (χ1v) is 11.8. The molecular formula is C23H29ClN6O2. The summed E-state index contributed by atoms with van der Waals surface area (Å²) in [6, 6.07) is 5.79. The molecule has 2 fully saturated rings. The maximum absolute atomic E-state index is 12.4. The molecule has 2 aromatic heterocycles. The number of fused-ring (bicyclic) bond motifs is 3. The summed E-state index contributed by atoms with van der Waals surface area (Å²) in [4.78, 5) is 21.6. The monoisotopic (exact) mass is 456 g/mol. The molecule has 1 amide bonds. The number of amides is 1. The fourth-order valence-corrected chi connectivity index (χ4v) is 5.33. The van der Waals surface area contributed by atoms with Crippen molar-refractivity contribution < 1.29 is 9.53 Å². The molecule has 5 rings (SSSR count). The highest BCUT2D eigenvalue weighted by Crippen LogP contribution is 2.35. The van der Waals surface area contributed by atoms with Gasteiger partial charge in [0.2, 0.25) is 11.9 Å².